The number of methoxy groups -OCH3 is 2. The summed E-state index contributed by atoms with van der Waals surface area (Å²) < 4.78 is 14.7. The smallest absolute Gasteiger partial charge is 0.312 e. The van der Waals surface area contributed by atoms with Gasteiger partial charge in [-0.3, -0.25) is 9.59 Å². The largest absolute Gasteiger partial charge is 0.469 e. The van der Waals surface area contributed by atoms with E-state index in [0.29, 0.717) is 0 Å². The summed E-state index contributed by atoms with van der Waals surface area (Å²) in [5, 5.41) is 0. The fraction of sp³-hybridized carbons (Fsp3) is 0.600. The molecule has 15 heavy (non-hydrogen) atoms. The number of rotatable bonds is 2. The predicted molar refractivity (Wildman–Crippen MR) is 48.8 cm³/mol. The van der Waals surface area contributed by atoms with Crippen LogP contribution in [0.5, 0.6) is 0 Å². The van der Waals surface area contributed by atoms with Crippen LogP contribution in [0.15, 0.2) is 12.2 Å². The van der Waals surface area contributed by atoms with Gasteiger partial charge in [0.15, 0.2) is 0 Å². The van der Waals surface area contributed by atoms with E-state index in [4.69, 9.17) is 4.74 Å². The van der Waals surface area contributed by atoms with Gasteiger partial charge < -0.3 is 14.2 Å². The molecule has 0 unspecified atom stereocenters. The van der Waals surface area contributed by atoms with Crippen molar-refractivity contribution in [2.24, 2.45) is 11.8 Å². The maximum Gasteiger partial charge on any atom is 0.312 e. The van der Waals surface area contributed by atoms with Gasteiger partial charge in [0.2, 0.25) is 0 Å². The summed E-state index contributed by atoms with van der Waals surface area (Å²) in [5.41, 5.74) is 0. The Labute approximate surface area is 87.0 Å². The standard InChI is InChI=1S/C10H12O5/c1-13-9(11)7-5-3-4-6(15-5)8(7)10(12)14-2/h3-8H,1-2H3/t5-,6-,7-,8-/m1/s1. The van der Waals surface area contributed by atoms with Crippen molar-refractivity contribution in [1.82, 2.24) is 0 Å². The van der Waals surface area contributed by atoms with E-state index in [0.717, 1.165) is 0 Å². The first-order chi connectivity index (χ1) is 7.19. The summed E-state index contributed by atoms with van der Waals surface area (Å²) in [5.74, 6) is -2.00. The van der Waals surface area contributed by atoms with Crippen molar-refractivity contribution >= 4 is 11.9 Å². The monoisotopic (exact) mass is 212 g/mol. The number of hydrogen-bond donors (Lipinski definition) is 0. The summed E-state index contributed by atoms with van der Waals surface area (Å²) in [6.07, 6.45) is 2.86. The molecule has 0 spiro atoms. The van der Waals surface area contributed by atoms with Gasteiger partial charge in [0.1, 0.15) is 11.8 Å². The zero-order valence-electron chi connectivity index (χ0n) is 8.51. The molecule has 5 nitrogen and oxygen atoms in total. The van der Waals surface area contributed by atoms with Gasteiger partial charge in [0.05, 0.1) is 26.4 Å². The second kappa shape index (κ2) is 3.66. The molecule has 0 radical (unpaired) electrons. The van der Waals surface area contributed by atoms with Crippen molar-refractivity contribution in [2.75, 3.05) is 14.2 Å². The first-order valence-corrected chi connectivity index (χ1v) is 4.68. The van der Waals surface area contributed by atoms with Crippen molar-refractivity contribution in [1.29, 1.82) is 0 Å². The number of esters is 2. The molecule has 0 saturated carbocycles. The van der Waals surface area contributed by atoms with Crippen molar-refractivity contribution in [3.05, 3.63) is 12.2 Å². The minimum Gasteiger partial charge on any atom is -0.469 e. The number of carbonyl (C=O) groups is 2. The Morgan fingerprint density at radius 1 is 1.00 bits per heavy atom. The SMILES string of the molecule is COC(=O)[C@H]1[C@H](C(=O)OC)[C@H]2C=C[C@H]1O2. The van der Waals surface area contributed by atoms with Gasteiger partial charge in [0.25, 0.3) is 0 Å². The lowest BCUT2D eigenvalue weighted by Gasteiger charge is -2.20. The molecular weight excluding hydrogens is 200 g/mol. The molecule has 2 bridgehead atoms. The normalized spacial score (nSPS) is 36.7. The fourth-order valence-corrected chi connectivity index (χ4v) is 2.14. The van der Waals surface area contributed by atoms with Crippen LogP contribution in [0.2, 0.25) is 0 Å². The molecule has 2 aliphatic rings. The summed E-state index contributed by atoms with van der Waals surface area (Å²) >= 11 is 0. The van der Waals surface area contributed by atoms with Gasteiger partial charge in [-0.25, -0.2) is 0 Å². The van der Waals surface area contributed by atoms with Gasteiger partial charge in [0, 0.05) is 0 Å². The van der Waals surface area contributed by atoms with E-state index in [1.165, 1.54) is 14.2 Å². The Hall–Kier alpha value is -1.36. The Morgan fingerprint density at radius 3 is 1.73 bits per heavy atom. The van der Waals surface area contributed by atoms with E-state index < -0.39 is 23.8 Å². The highest BCUT2D eigenvalue weighted by Crippen LogP contribution is 2.40. The van der Waals surface area contributed by atoms with Crippen LogP contribution >= 0.6 is 0 Å². The second-order valence-electron chi connectivity index (χ2n) is 3.55. The number of fused-ring (bicyclic) bond motifs is 2. The van der Waals surface area contributed by atoms with Crippen molar-refractivity contribution in [2.45, 2.75) is 12.2 Å². The van der Waals surface area contributed by atoms with E-state index in [1.54, 1.807) is 12.2 Å². The molecule has 0 aromatic carbocycles. The van der Waals surface area contributed by atoms with E-state index in [9.17, 15) is 9.59 Å². The molecule has 82 valence electrons. The lowest BCUT2D eigenvalue weighted by atomic mass is 9.83. The van der Waals surface area contributed by atoms with E-state index in [-0.39, 0.29) is 12.2 Å². The third kappa shape index (κ3) is 1.43. The lowest BCUT2D eigenvalue weighted by molar-refractivity contribution is -0.156. The molecule has 1 fully saturated rings. The molecule has 5 heteroatoms. The molecule has 0 aromatic heterocycles. The van der Waals surface area contributed by atoms with Crippen LogP contribution in [-0.4, -0.2) is 38.4 Å². The summed E-state index contributed by atoms with van der Waals surface area (Å²) in [4.78, 5) is 23.0. The highest BCUT2D eigenvalue weighted by molar-refractivity contribution is 5.84. The fourth-order valence-electron chi connectivity index (χ4n) is 2.14. The first-order valence-electron chi connectivity index (χ1n) is 4.68. The Bertz CT molecular complexity index is 292. The number of carbonyl (C=O) groups excluding carboxylic acids is 2. The van der Waals surface area contributed by atoms with Crippen molar-refractivity contribution < 1.29 is 23.8 Å². The van der Waals surface area contributed by atoms with E-state index in [2.05, 4.69) is 9.47 Å². The highest BCUT2D eigenvalue weighted by Gasteiger charge is 2.54. The Morgan fingerprint density at radius 2 is 1.40 bits per heavy atom. The third-order valence-electron chi connectivity index (χ3n) is 2.85. The van der Waals surface area contributed by atoms with Crippen molar-refractivity contribution in [3.8, 4) is 0 Å². The van der Waals surface area contributed by atoms with Crippen LogP contribution in [0, 0.1) is 11.8 Å². The van der Waals surface area contributed by atoms with Crippen LogP contribution in [0.25, 0.3) is 0 Å². The average Bonchev–Trinajstić information content (AvgIpc) is 2.86. The van der Waals surface area contributed by atoms with E-state index >= 15 is 0 Å². The van der Waals surface area contributed by atoms with Crippen LogP contribution < -0.4 is 0 Å². The molecule has 0 N–H and O–H groups in total. The Balaban J connectivity index is 2.24. The zero-order valence-corrected chi connectivity index (χ0v) is 8.51. The van der Waals surface area contributed by atoms with Gasteiger partial charge in [-0.2, -0.15) is 0 Å². The van der Waals surface area contributed by atoms with Gasteiger partial charge in [-0.15, -0.1) is 0 Å². The number of hydrogen-bond acceptors (Lipinski definition) is 5. The lowest BCUT2D eigenvalue weighted by Crippen LogP contribution is -2.37. The summed E-state index contributed by atoms with van der Waals surface area (Å²) in [6, 6.07) is 0. The highest BCUT2D eigenvalue weighted by atomic mass is 16.6. The van der Waals surface area contributed by atoms with E-state index in [1.807, 2.05) is 0 Å². The molecule has 1 saturated heterocycles. The number of ether oxygens (including phenoxy) is 3. The molecule has 0 aliphatic carbocycles. The molecule has 2 rings (SSSR count). The zero-order chi connectivity index (χ0) is 11.0. The maximum atomic E-state index is 11.5. The molecular formula is C10H12O5. The predicted octanol–water partition coefficient (Wildman–Crippen LogP) is -0.0980. The minimum atomic E-state index is -0.572. The summed E-state index contributed by atoms with van der Waals surface area (Å²) in [6.45, 7) is 0. The van der Waals surface area contributed by atoms with Crippen LogP contribution in [0.3, 0.4) is 0 Å². The molecule has 0 aromatic rings. The van der Waals surface area contributed by atoms with Crippen molar-refractivity contribution in [3.63, 3.8) is 0 Å². The average molecular weight is 212 g/mol. The quantitative estimate of drug-likeness (QED) is 0.472. The molecule has 0 amide bonds. The topological polar surface area (TPSA) is 61.8 Å². The van der Waals surface area contributed by atoms with Crippen LogP contribution in [0.1, 0.15) is 0 Å². The van der Waals surface area contributed by atoms with Crippen LogP contribution in [0.4, 0.5) is 0 Å². The third-order valence-corrected chi connectivity index (χ3v) is 2.85. The molecule has 2 aliphatic heterocycles. The Kier molecular flexibility index (Phi) is 2.48. The maximum absolute atomic E-state index is 11.5. The van der Waals surface area contributed by atoms with Gasteiger partial charge >= 0.3 is 11.9 Å². The van der Waals surface area contributed by atoms with Gasteiger partial charge in [-0.05, 0) is 0 Å². The summed E-state index contributed by atoms with van der Waals surface area (Å²) in [7, 11) is 2.60. The molecule has 4 atom stereocenters. The first kappa shape index (κ1) is 10.2. The molecule has 2 heterocycles. The van der Waals surface area contributed by atoms with Gasteiger partial charge in [-0.1, -0.05) is 12.2 Å². The second-order valence-corrected chi connectivity index (χ2v) is 3.55. The van der Waals surface area contributed by atoms with Crippen LogP contribution in [-0.2, 0) is 23.8 Å². The minimum absolute atomic E-state index is 0.355.